The van der Waals surface area contributed by atoms with Crippen LogP contribution in [0.3, 0.4) is 0 Å². The van der Waals surface area contributed by atoms with E-state index in [0.29, 0.717) is 16.5 Å². The lowest BCUT2D eigenvalue weighted by molar-refractivity contribution is -0.111. The maximum absolute atomic E-state index is 12.1. The van der Waals surface area contributed by atoms with E-state index in [4.69, 9.17) is 26.2 Å². The fourth-order valence-corrected chi connectivity index (χ4v) is 2.28. The molecular weight excluding hydrogens is 346 g/mol. The highest BCUT2D eigenvalue weighted by atomic mass is 35.5. The summed E-state index contributed by atoms with van der Waals surface area (Å²) in [5.41, 5.74) is 0.802. The molecule has 7 heteroatoms. The van der Waals surface area contributed by atoms with E-state index in [1.54, 1.807) is 24.3 Å². The van der Waals surface area contributed by atoms with Crippen LogP contribution < -0.4 is 14.8 Å². The van der Waals surface area contributed by atoms with Crippen molar-refractivity contribution in [1.82, 2.24) is 0 Å². The third kappa shape index (κ3) is 4.74. The van der Waals surface area contributed by atoms with Crippen LogP contribution in [0.1, 0.15) is 15.9 Å². The van der Waals surface area contributed by atoms with Gasteiger partial charge in [0.05, 0.1) is 25.5 Å². The molecule has 2 aromatic rings. The molecule has 2 N–H and O–H groups in total. The first-order chi connectivity index (χ1) is 11.9. The van der Waals surface area contributed by atoms with Crippen LogP contribution in [-0.2, 0) is 4.79 Å². The first-order valence-electron chi connectivity index (χ1n) is 7.18. The monoisotopic (exact) mass is 361 g/mol. The topological polar surface area (TPSA) is 84.9 Å². The normalized spacial score (nSPS) is 10.5. The van der Waals surface area contributed by atoms with Crippen molar-refractivity contribution in [3.63, 3.8) is 0 Å². The van der Waals surface area contributed by atoms with Crippen molar-refractivity contribution in [1.29, 1.82) is 0 Å². The molecule has 0 unspecified atom stereocenters. The van der Waals surface area contributed by atoms with Gasteiger partial charge in [-0.1, -0.05) is 17.7 Å². The molecule has 0 heterocycles. The Labute approximate surface area is 149 Å². The van der Waals surface area contributed by atoms with E-state index in [1.165, 1.54) is 38.5 Å². The minimum absolute atomic E-state index is 0.0442. The molecule has 0 bridgehead atoms. The zero-order chi connectivity index (χ0) is 18.4. The van der Waals surface area contributed by atoms with E-state index >= 15 is 0 Å². The molecule has 0 fully saturated rings. The largest absolute Gasteiger partial charge is 0.493 e. The fraction of sp³-hybridized carbons (Fsp3) is 0.111. The van der Waals surface area contributed by atoms with Gasteiger partial charge in [0.15, 0.2) is 11.5 Å². The summed E-state index contributed by atoms with van der Waals surface area (Å²) in [5.74, 6) is -0.530. The van der Waals surface area contributed by atoms with E-state index in [1.807, 2.05) is 0 Å². The summed E-state index contributed by atoms with van der Waals surface area (Å²) in [6, 6.07) is 9.35. The SMILES string of the molecule is COc1ccc(/C=C/C(=O)Nc2cc(Cl)ccc2C(=O)O)cc1OC. The molecule has 0 aliphatic heterocycles. The number of nitrogens with one attached hydrogen (secondary N) is 1. The summed E-state index contributed by atoms with van der Waals surface area (Å²) >= 11 is 5.85. The minimum atomic E-state index is -1.16. The highest BCUT2D eigenvalue weighted by Crippen LogP contribution is 2.28. The van der Waals surface area contributed by atoms with E-state index in [0.717, 1.165) is 5.56 Å². The van der Waals surface area contributed by atoms with Crippen LogP contribution in [0, 0.1) is 0 Å². The number of halogens is 1. The van der Waals surface area contributed by atoms with E-state index in [-0.39, 0.29) is 11.3 Å². The Hall–Kier alpha value is -2.99. The van der Waals surface area contributed by atoms with Gasteiger partial charge in [-0.3, -0.25) is 4.79 Å². The van der Waals surface area contributed by atoms with E-state index < -0.39 is 11.9 Å². The Balaban J connectivity index is 2.17. The highest BCUT2D eigenvalue weighted by Gasteiger charge is 2.12. The number of carboxylic acid groups (broad SMARTS) is 1. The number of aromatic carboxylic acids is 1. The van der Waals surface area contributed by atoms with Crippen LogP contribution in [0.4, 0.5) is 5.69 Å². The summed E-state index contributed by atoms with van der Waals surface area (Å²) in [7, 11) is 3.05. The summed E-state index contributed by atoms with van der Waals surface area (Å²) < 4.78 is 10.3. The van der Waals surface area contributed by atoms with Crippen LogP contribution in [0.5, 0.6) is 11.5 Å². The number of rotatable bonds is 6. The van der Waals surface area contributed by atoms with Gasteiger partial charge in [0, 0.05) is 11.1 Å². The first kappa shape index (κ1) is 18.4. The number of ether oxygens (including phenoxy) is 2. The number of hydrogen-bond acceptors (Lipinski definition) is 4. The Kier molecular flexibility index (Phi) is 6.03. The number of methoxy groups -OCH3 is 2. The molecule has 6 nitrogen and oxygen atoms in total. The maximum Gasteiger partial charge on any atom is 0.337 e. The number of carbonyl (C=O) groups excluding carboxylic acids is 1. The molecule has 1 amide bonds. The van der Waals surface area contributed by atoms with Crippen LogP contribution in [-0.4, -0.2) is 31.2 Å². The van der Waals surface area contributed by atoms with Crippen molar-refractivity contribution in [3.05, 3.63) is 58.6 Å². The second-order valence-electron chi connectivity index (χ2n) is 4.93. The zero-order valence-corrected chi connectivity index (χ0v) is 14.3. The lowest BCUT2D eigenvalue weighted by Gasteiger charge is -2.08. The molecule has 0 radical (unpaired) electrons. The van der Waals surface area contributed by atoms with E-state index in [2.05, 4.69) is 5.32 Å². The molecule has 0 atom stereocenters. The van der Waals surface area contributed by atoms with Gasteiger partial charge in [0.25, 0.3) is 0 Å². The summed E-state index contributed by atoms with van der Waals surface area (Å²) in [6.07, 6.45) is 2.86. The Morgan fingerprint density at radius 1 is 1.08 bits per heavy atom. The summed E-state index contributed by atoms with van der Waals surface area (Å²) in [6.45, 7) is 0. The summed E-state index contributed by atoms with van der Waals surface area (Å²) in [4.78, 5) is 23.2. The van der Waals surface area contributed by atoms with Gasteiger partial charge in [-0.25, -0.2) is 4.79 Å². The number of anilines is 1. The van der Waals surface area contributed by atoms with Crippen LogP contribution in [0.2, 0.25) is 5.02 Å². The second kappa shape index (κ2) is 8.21. The Morgan fingerprint density at radius 2 is 1.80 bits per heavy atom. The fourth-order valence-electron chi connectivity index (χ4n) is 2.11. The Morgan fingerprint density at radius 3 is 2.44 bits per heavy atom. The van der Waals surface area contributed by atoms with Crippen molar-refractivity contribution in [2.24, 2.45) is 0 Å². The number of carboxylic acids is 1. The molecular formula is C18H16ClNO5. The van der Waals surface area contributed by atoms with E-state index in [9.17, 15) is 9.59 Å². The van der Waals surface area contributed by atoms with Gasteiger partial charge in [0.2, 0.25) is 5.91 Å². The van der Waals surface area contributed by atoms with Gasteiger partial charge in [0.1, 0.15) is 0 Å². The molecule has 2 rings (SSSR count). The van der Waals surface area contributed by atoms with Crippen molar-refractivity contribution in [2.45, 2.75) is 0 Å². The van der Waals surface area contributed by atoms with Crippen LogP contribution in [0.15, 0.2) is 42.5 Å². The smallest absolute Gasteiger partial charge is 0.337 e. The number of carbonyl (C=O) groups is 2. The van der Waals surface area contributed by atoms with Gasteiger partial charge in [-0.15, -0.1) is 0 Å². The average molecular weight is 362 g/mol. The van der Waals surface area contributed by atoms with Gasteiger partial charge < -0.3 is 19.9 Å². The number of hydrogen-bond donors (Lipinski definition) is 2. The molecule has 25 heavy (non-hydrogen) atoms. The van der Waals surface area contributed by atoms with Gasteiger partial charge >= 0.3 is 5.97 Å². The third-order valence-electron chi connectivity index (χ3n) is 3.30. The predicted octanol–water partition coefficient (Wildman–Crippen LogP) is 3.71. The number of benzene rings is 2. The van der Waals surface area contributed by atoms with Crippen LogP contribution >= 0.6 is 11.6 Å². The Bertz CT molecular complexity index is 832. The molecule has 130 valence electrons. The lowest BCUT2D eigenvalue weighted by Crippen LogP contribution is -2.12. The molecule has 0 aromatic heterocycles. The molecule has 0 aliphatic carbocycles. The molecule has 2 aromatic carbocycles. The number of amides is 1. The zero-order valence-electron chi connectivity index (χ0n) is 13.6. The summed E-state index contributed by atoms with van der Waals surface area (Å²) in [5, 5.41) is 12.0. The lowest BCUT2D eigenvalue weighted by atomic mass is 10.1. The second-order valence-corrected chi connectivity index (χ2v) is 5.37. The molecule has 0 saturated heterocycles. The van der Waals surface area contributed by atoms with Gasteiger partial charge in [-0.05, 0) is 42.0 Å². The van der Waals surface area contributed by atoms with Gasteiger partial charge in [-0.2, -0.15) is 0 Å². The highest BCUT2D eigenvalue weighted by molar-refractivity contribution is 6.31. The predicted molar refractivity (Wildman–Crippen MR) is 95.6 cm³/mol. The molecule has 0 saturated carbocycles. The van der Waals surface area contributed by atoms with Crippen LogP contribution in [0.25, 0.3) is 6.08 Å². The van der Waals surface area contributed by atoms with Crippen molar-refractivity contribution in [2.75, 3.05) is 19.5 Å². The van der Waals surface area contributed by atoms with Crippen molar-refractivity contribution < 1.29 is 24.2 Å². The van der Waals surface area contributed by atoms with Crippen molar-refractivity contribution >= 4 is 35.2 Å². The van der Waals surface area contributed by atoms with Crippen molar-refractivity contribution in [3.8, 4) is 11.5 Å². The third-order valence-corrected chi connectivity index (χ3v) is 3.54. The molecule has 0 aliphatic rings. The maximum atomic E-state index is 12.1. The average Bonchev–Trinajstić information content (AvgIpc) is 2.59. The minimum Gasteiger partial charge on any atom is -0.493 e. The standard InChI is InChI=1S/C18H16ClNO5/c1-24-15-7-3-11(9-16(15)25-2)4-8-17(21)20-14-10-12(19)5-6-13(14)18(22)23/h3-10H,1-2H3,(H,20,21)(H,22,23)/b8-4+. The molecule has 0 spiro atoms. The first-order valence-corrected chi connectivity index (χ1v) is 7.56. The quantitative estimate of drug-likeness (QED) is 0.766.